The molecule has 10 heteroatoms. The number of phenols is 4. The summed E-state index contributed by atoms with van der Waals surface area (Å²) < 4.78 is 0. The second kappa shape index (κ2) is 9.56. The van der Waals surface area contributed by atoms with Crippen LogP contribution in [-0.4, -0.2) is 31.8 Å². The molecule has 0 fully saturated rings. The molecule has 0 radical (unpaired) electrons. The summed E-state index contributed by atoms with van der Waals surface area (Å²) >= 11 is 0. The zero-order chi connectivity index (χ0) is 30.1. The van der Waals surface area contributed by atoms with Crippen molar-refractivity contribution in [2.75, 3.05) is 0 Å². The number of aliphatic hydroxyl groups is 1. The number of phenolic OH excluding ortho intramolecular Hbond substituents is 4. The van der Waals surface area contributed by atoms with E-state index in [4.69, 9.17) is 0 Å². The minimum atomic E-state index is -1.13. The maximum absolute atomic E-state index is 14.1. The van der Waals surface area contributed by atoms with Gasteiger partial charge in [-0.15, -0.1) is 0 Å². The van der Waals surface area contributed by atoms with Crippen molar-refractivity contribution < 1.29 is 30.3 Å². The van der Waals surface area contributed by atoms with E-state index >= 15 is 0 Å². The summed E-state index contributed by atoms with van der Waals surface area (Å²) in [5.41, 5.74) is -6.94. The second-order valence-corrected chi connectivity index (χ2v) is 10.5. The topological polar surface area (TPSA) is 186 Å². The molecule has 0 amide bonds. The highest BCUT2D eigenvalue weighted by atomic mass is 16.3. The van der Waals surface area contributed by atoms with E-state index in [0.717, 1.165) is 0 Å². The van der Waals surface area contributed by atoms with E-state index in [2.05, 4.69) is 0 Å². The largest absolute Gasteiger partial charge is 0.507 e. The summed E-state index contributed by atoms with van der Waals surface area (Å²) in [5, 5.41) is 53.6. The number of benzene rings is 4. The highest BCUT2D eigenvalue weighted by Crippen LogP contribution is 2.53. The Morgan fingerprint density at radius 1 is 0.600 bits per heavy atom. The van der Waals surface area contributed by atoms with Crippen molar-refractivity contribution in [1.29, 1.82) is 0 Å². The summed E-state index contributed by atoms with van der Waals surface area (Å²) in [6.07, 6.45) is 0.169. The fourth-order valence-corrected chi connectivity index (χ4v) is 5.70. The van der Waals surface area contributed by atoms with E-state index in [1.165, 1.54) is 13.8 Å². The van der Waals surface area contributed by atoms with Gasteiger partial charge in [-0.2, -0.15) is 0 Å². The monoisotopic (exact) mass is 548 g/mol. The first-order valence-corrected chi connectivity index (χ1v) is 12.5. The summed E-state index contributed by atoms with van der Waals surface area (Å²) in [5.74, 6) is -3.89. The third-order valence-corrected chi connectivity index (χ3v) is 7.59. The first kappa shape index (κ1) is 28.4. The molecular formula is C30H28O10. The van der Waals surface area contributed by atoms with Crippen LogP contribution in [0.3, 0.4) is 0 Å². The van der Waals surface area contributed by atoms with E-state index in [1.807, 2.05) is 0 Å². The zero-order valence-electron chi connectivity index (χ0n) is 22.7. The predicted octanol–water partition coefficient (Wildman–Crippen LogP) is 2.92. The standard InChI is InChI=1S/C30H28O10/c1-9(2)15-21-19(13(7-31)25(35)29(15)39)27(37)17(11(5)23(21)33)18-12(6)24(34)22-16(10(3)4)30(40)26(36)14(8-32)20(22)28(18)38/h7,9-10,32-33,35,37,39H,8H2,1-6H3. The SMILES string of the molecule is Cc1c(-c2c(C)c(=O)c3c(C(C)C)c(=O)c(=O)c(CO)c-3c2=O)c(O)c2c(C=O)c(O)c(O)c(C(C)C)c2c1O. The smallest absolute Gasteiger partial charge is 0.232 e. The number of aromatic hydroxyl groups is 4. The van der Waals surface area contributed by atoms with Gasteiger partial charge in [0.15, 0.2) is 28.6 Å². The number of fused-ring (bicyclic) bond motifs is 2. The van der Waals surface area contributed by atoms with Crippen LogP contribution in [0.1, 0.15) is 77.7 Å². The fraction of sp³-hybridized carbons (Fsp3) is 0.300. The molecule has 0 heterocycles. The average molecular weight is 549 g/mol. The van der Waals surface area contributed by atoms with E-state index < -0.39 is 85.4 Å². The summed E-state index contributed by atoms with van der Waals surface area (Å²) in [6.45, 7) is 8.07. The van der Waals surface area contributed by atoms with Crippen LogP contribution in [0.25, 0.3) is 33.0 Å². The molecule has 208 valence electrons. The van der Waals surface area contributed by atoms with Crippen LogP contribution in [0.4, 0.5) is 0 Å². The van der Waals surface area contributed by atoms with Crippen molar-refractivity contribution in [3.63, 3.8) is 0 Å². The summed E-state index contributed by atoms with van der Waals surface area (Å²) in [7, 11) is 0. The Bertz CT molecular complexity index is 1940. The number of carbonyl (C=O) groups is 1. The molecule has 2 aromatic carbocycles. The van der Waals surface area contributed by atoms with Gasteiger partial charge in [-0.1, -0.05) is 27.7 Å². The minimum Gasteiger partial charge on any atom is -0.507 e. The lowest BCUT2D eigenvalue weighted by molar-refractivity contribution is 0.112. The van der Waals surface area contributed by atoms with E-state index in [0.29, 0.717) is 0 Å². The van der Waals surface area contributed by atoms with Crippen LogP contribution in [0.5, 0.6) is 23.0 Å². The molecule has 0 atom stereocenters. The molecule has 0 unspecified atom stereocenters. The molecule has 2 aliphatic carbocycles. The molecule has 0 aromatic heterocycles. The molecule has 0 spiro atoms. The number of hydrogen-bond donors (Lipinski definition) is 5. The van der Waals surface area contributed by atoms with Crippen LogP contribution in [-0.2, 0) is 6.61 Å². The van der Waals surface area contributed by atoms with Gasteiger partial charge in [0, 0.05) is 60.8 Å². The molecule has 4 rings (SSSR count). The molecule has 5 N–H and O–H groups in total. The lowest BCUT2D eigenvalue weighted by Gasteiger charge is -2.23. The average Bonchev–Trinajstić information content (AvgIpc) is 2.89. The van der Waals surface area contributed by atoms with Crippen molar-refractivity contribution >= 4 is 17.1 Å². The van der Waals surface area contributed by atoms with Crippen LogP contribution in [0.2, 0.25) is 0 Å². The molecule has 40 heavy (non-hydrogen) atoms. The van der Waals surface area contributed by atoms with Gasteiger partial charge < -0.3 is 25.5 Å². The van der Waals surface area contributed by atoms with Crippen LogP contribution in [0.15, 0.2) is 19.2 Å². The van der Waals surface area contributed by atoms with Crippen molar-refractivity contribution in [3.05, 3.63) is 74.3 Å². The molecule has 0 saturated heterocycles. The fourth-order valence-electron chi connectivity index (χ4n) is 5.70. The Labute approximate surface area is 227 Å². The molecule has 0 saturated carbocycles. The maximum Gasteiger partial charge on any atom is 0.232 e. The van der Waals surface area contributed by atoms with Gasteiger partial charge in [0.2, 0.25) is 10.9 Å². The van der Waals surface area contributed by atoms with Crippen molar-refractivity contribution in [3.8, 4) is 45.3 Å². The maximum atomic E-state index is 14.1. The van der Waals surface area contributed by atoms with Gasteiger partial charge in [-0.25, -0.2) is 0 Å². The molecule has 2 aromatic rings. The second-order valence-electron chi connectivity index (χ2n) is 10.5. The van der Waals surface area contributed by atoms with Crippen molar-refractivity contribution in [2.24, 2.45) is 0 Å². The van der Waals surface area contributed by atoms with Gasteiger partial charge >= 0.3 is 0 Å². The van der Waals surface area contributed by atoms with Crippen LogP contribution in [0, 0.1) is 13.8 Å². The van der Waals surface area contributed by atoms with Gasteiger partial charge in [0.1, 0.15) is 11.5 Å². The Balaban J connectivity index is 2.40. The van der Waals surface area contributed by atoms with Gasteiger partial charge in [0.05, 0.1) is 12.2 Å². The predicted molar refractivity (Wildman–Crippen MR) is 149 cm³/mol. The van der Waals surface area contributed by atoms with Crippen LogP contribution < -0.4 is 21.7 Å². The molecule has 0 aliphatic heterocycles. The summed E-state index contributed by atoms with van der Waals surface area (Å²) in [6, 6.07) is 0. The first-order chi connectivity index (χ1) is 18.6. The Hall–Kier alpha value is -4.57. The van der Waals surface area contributed by atoms with Crippen molar-refractivity contribution in [2.45, 2.75) is 60.0 Å². The molecular weight excluding hydrogens is 520 g/mol. The quantitative estimate of drug-likeness (QED) is 0.107. The highest BCUT2D eigenvalue weighted by Gasteiger charge is 2.34. The Morgan fingerprint density at radius 3 is 1.68 bits per heavy atom. The van der Waals surface area contributed by atoms with Gasteiger partial charge in [-0.3, -0.25) is 24.0 Å². The molecule has 10 nitrogen and oxygen atoms in total. The summed E-state index contributed by atoms with van der Waals surface area (Å²) in [4.78, 5) is 65.5. The lowest BCUT2D eigenvalue weighted by Crippen LogP contribution is -2.38. The third-order valence-electron chi connectivity index (χ3n) is 7.59. The number of aldehydes is 1. The van der Waals surface area contributed by atoms with Gasteiger partial charge in [0.25, 0.3) is 0 Å². The zero-order valence-corrected chi connectivity index (χ0v) is 22.7. The number of rotatable bonds is 5. The van der Waals surface area contributed by atoms with E-state index in [9.17, 15) is 49.5 Å². The van der Waals surface area contributed by atoms with E-state index in [1.54, 1.807) is 27.7 Å². The highest BCUT2D eigenvalue weighted by molar-refractivity contribution is 6.13. The Morgan fingerprint density at radius 2 is 1.18 bits per heavy atom. The Kier molecular flexibility index (Phi) is 6.80. The lowest BCUT2D eigenvalue weighted by atomic mass is 9.80. The molecule has 2 aliphatic rings. The van der Waals surface area contributed by atoms with E-state index in [-0.39, 0.29) is 50.4 Å². The van der Waals surface area contributed by atoms with Crippen LogP contribution >= 0.6 is 0 Å². The normalized spacial score (nSPS) is 11.8. The van der Waals surface area contributed by atoms with Crippen molar-refractivity contribution in [1.82, 2.24) is 0 Å². The third kappa shape index (κ3) is 3.56. The number of hydrogen-bond acceptors (Lipinski definition) is 10. The van der Waals surface area contributed by atoms with Gasteiger partial charge in [-0.05, 0) is 25.7 Å². The first-order valence-electron chi connectivity index (χ1n) is 12.5. The number of carbonyl (C=O) groups excluding carboxylic acids is 1. The number of aliphatic hydroxyl groups excluding tert-OH is 1. The molecule has 0 bridgehead atoms. The minimum absolute atomic E-state index is 0.0331.